The Kier molecular flexibility index (Phi) is 8.57. The van der Waals surface area contributed by atoms with Crippen molar-refractivity contribution in [2.24, 2.45) is 4.99 Å². The van der Waals surface area contributed by atoms with Crippen LogP contribution in [0.5, 0.6) is 0 Å². The average molecular weight is 534 g/mol. The molecule has 1 N–H and O–H groups in total. The molecule has 2 unspecified atom stereocenters. The summed E-state index contributed by atoms with van der Waals surface area (Å²) in [5, 5.41) is 5.49. The van der Waals surface area contributed by atoms with Gasteiger partial charge in [0.2, 0.25) is 5.91 Å². The summed E-state index contributed by atoms with van der Waals surface area (Å²) in [6.45, 7) is 5.28. The monoisotopic (exact) mass is 534 g/mol. The molecule has 0 radical (unpaired) electrons. The molecule has 7 nitrogen and oxygen atoms in total. The summed E-state index contributed by atoms with van der Waals surface area (Å²) < 4.78 is 11.7. The highest BCUT2D eigenvalue weighted by Gasteiger charge is 2.32. The second kappa shape index (κ2) is 10.9. The highest BCUT2D eigenvalue weighted by molar-refractivity contribution is 14.0. The highest BCUT2D eigenvalue weighted by atomic mass is 127. The topological polar surface area (TPSA) is 66.4 Å². The zero-order valence-electron chi connectivity index (χ0n) is 17.0. The number of aliphatic imine (C=N–C) groups is 1. The molecular weight excluding hydrogens is 503 g/mol. The minimum absolute atomic E-state index is 0. The van der Waals surface area contributed by atoms with Gasteiger partial charge in [-0.3, -0.25) is 9.79 Å². The number of morpholine rings is 1. The number of guanidine groups is 1. The van der Waals surface area contributed by atoms with Crippen LogP contribution in [-0.2, 0) is 27.2 Å². The fourth-order valence-electron chi connectivity index (χ4n) is 4.22. The molecule has 3 aliphatic rings. The molecule has 2 atom stereocenters. The van der Waals surface area contributed by atoms with Crippen molar-refractivity contribution in [3.05, 3.63) is 21.9 Å². The molecule has 3 aliphatic heterocycles. The molecule has 0 aliphatic carbocycles. The highest BCUT2D eigenvalue weighted by Crippen LogP contribution is 2.24. The number of carbonyl (C=O) groups excluding carboxylic acids is 1. The Hall–Kier alpha value is -0.910. The van der Waals surface area contributed by atoms with Gasteiger partial charge in [-0.1, -0.05) is 0 Å². The van der Waals surface area contributed by atoms with Crippen molar-refractivity contribution >= 4 is 47.2 Å². The van der Waals surface area contributed by atoms with Gasteiger partial charge >= 0.3 is 0 Å². The number of ether oxygens (including phenoxy) is 2. The van der Waals surface area contributed by atoms with Crippen LogP contribution in [0.1, 0.15) is 29.7 Å². The molecule has 162 valence electrons. The molecular formula is C20H31IN4O3S. The molecule has 29 heavy (non-hydrogen) atoms. The van der Waals surface area contributed by atoms with E-state index in [0.717, 1.165) is 58.0 Å². The predicted octanol–water partition coefficient (Wildman–Crippen LogP) is 2.10. The summed E-state index contributed by atoms with van der Waals surface area (Å²) in [6, 6.07) is 2.14. The standard InChI is InChI=1S/C20H30N4O3S.HI/c1-21-20(24-9-11-27-17(14-24)16-3-2-10-26-16)22-7-4-19(25)23-8-5-18-15(13-23)6-12-28-18;/h6,12,16-17H,2-5,7-11,13-14H2,1H3,(H,21,22);1H. The van der Waals surface area contributed by atoms with Crippen molar-refractivity contribution in [1.82, 2.24) is 15.1 Å². The second-order valence-corrected chi connectivity index (χ2v) is 8.57. The van der Waals surface area contributed by atoms with Crippen LogP contribution in [-0.4, -0.2) is 80.3 Å². The molecule has 1 aromatic rings. The molecule has 0 aromatic carbocycles. The molecule has 4 heterocycles. The van der Waals surface area contributed by atoms with Crippen LogP contribution in [0.2, 0.25) is 0 Å². The van der Waals surface area contributed by atoms with Crippen LogP contribution in [0.15, 0.2) is 16.4 Å². The lowest BCUT2D eigenvalue weighted by Gasteiger charge is -2.37. The first kappa shape index (κ1) is 22.8. The van der Waals surface area contributed by atoms with E-state index in [-0.39, 0.29) is 42.1 Å². The first-order valence-corrected chi connectivity index (χ1v) is 11.1. The third kappa shape index (κ3) is 5.62. The fraction of sp³-hybridized carbons (Fsp3) is 0.700. The maximum Gasteiger partial charge on any atom is 0.224 e. The summed E-state index contributed by atoms with van der Waals surface area (Å²) in [4.78, 5) is 22.6. The average Bonchev–Trinajstić information content (AvgIpc) is 3.42. The molecule has 0 saturated carbocycles. The molecule has 0 bridgehead atoms. The number of rotatable bonds is 4. The van der Waals surface area contributed by atoms with Crippen molar-refractivity contribution in [2.45, 2.75) is 44.4 Å². The third-order valence-electron chi connectivity index (χ3n) is 5.77. The molecule has 1 aromatic heterocycles. The maximum atomic E-state index is 12.6. The van der Waals surface area contributed by atoms with E-state index in [0.29, 0.717) is 19.6 Å². The van der Waals surface area contributed by atoms with Gasteiger partial charge < -0.3 is 24.6 Å². The summed E-state index contributed by atoms with van der Waals surface area (Å²) in [5.74, 6) is 1.05. The largest absolute Gasteiger partial charge is 0.375 e. The van der Waals surface area contributed by atoms with Gasteiger partial charge in [0.05, 0.1) is 12.7 Å². The minimum Gasteiger partial charge on any atom is -0.375 e. The Labute approximate surface area is 193 Å². The number of halogens is 1. The smallest absolute Gasteiger partial charge is 0.224 e. The number of carbonyl (C=O) groups is 1. The zero-order valence-corrected chi connectivity index (χ0v) is 20.1. The van der Waals surface area contributed by atoms with Gasteiger partial charge in [-0.05, 0) is 36.3 Å². The van der Waals surface area contributed by atoms with Crippen LogP contribution < -0.4 is 5.32 Å². The van der Waals surface area contributed by atoms with Gasteiger partial charge in [0.15, 0.2) is 5.96 Å². The summed E-state index contributed by atoms with van der Waals surface area (Å²) >= 11 is 1.80. The van der Waals surface area contributed by atoms with E-state index < -0.39 is 0 Å². The predicted molar refractivity (Wildman–Crippen MR) is 125 cm³/mol. The molecule has 2 saturated heterocycles. The normalized spacial score (nSPS) is 24.8. The molecule has 1 amide bonds. The van der Waals surface area contributed by atoms with E-state index in [2.05, 4.69) is 26.7 Å². The zero-order chi connectivity index (χ0) is 19.3. The van der Waals surface area contributed by atoms with Crippen molar-refractivity contribution in [3.63, 3.8) is 0 Å². The van der Waals surface area contributed by atoms with Gasteiger partial charge in [0, 0.05) is 57.7 Å². The number of hydrogen-bond acceptors (Lipinski definition) is 5. The Bertz CT molecular complexity index is 708. The van der Waals surface area contributed by atoms with E-state index in [9.17, 15) is 4.79 Å². The van der Waals surface area contributed by atoms with Gasteiger partial charge in [0.1, 0.15) is 6.10 Å². The Morgan fingerprint density at radius 2 is 2.14 bits per heavy atom. The Morgan fingerprint density at radius 1 is 1.28 bits per heavy atom. The van der Waals surface area contributed by atoms with Gasteiger partial charge in [-0.15, -0.1) is 35.3 Å². The summed E-state index contributed by atoms with van der Waals surface area (Å²) in [5.41, 5.74) is 1.31. The van der Waals surface area contributed by atoms with E-state index in [4.69, 9.17) is 9.47 Å². The fourth-order valence-corrected chi connectivity index (χ4v) is 5.11. The lowest BCUT2D eigenvalue weighted by Crippen LogP contribution is -2.53. The van der Waals surface area contributed by atoms with Crippen LogP contribution in [0.25, 0.3) is 0 Å². The molecule has 0 spiro atoms. The Morgan fingerprint density at radius 3 is 2.93 bits per heavy atom. The quantitative estimate of drug-likeness (QED) is 0.364. The van der Waals surface area contributed by atoms with Crippen molar-refractivity contribution < 1.29 is 14.3 Å². The lowest BCUT2D eigenvalue weighted by molar-refractivity contribution is -0.131. The number of thiophene rings is 1. The first-order valence-electron chi connectivity index (χ1n) is 10.3. The van der Waals surface area contributed by atoms with E-state index in [1.165, 1.54) is 10.4 Å². The van der Waals surface area contributed by atoms with Crippen LogP contribution >= 0.6 is 35.3 Å². The maximum absolute atomic E-state index is 12.6. The second-order valence-electron chi connectivity index (χ2n) is 7.57. The first-order chi connectivity index (χ1) is 13.7. The van der Waals surface area contributed by atoms with E-state index in [1.54, 1.807) is 18.4 Å². The van der Waals surface area contributed by atoms with Crippen molar-refractivity contribution in [1.29, 1.82) is 0 Å². The Balaban J connectivity index is 0.00000240. The number of hydrogen-bond donors (Lipinski definition) is 1. The van der Waals surface area contributed by atoms with Gasteiger partial charge in [0.25, 0.3) is 0 Å². The van der Waals surface area contributed by atoms with Crippen LogP contribution in [0.3, 0.4) is 0 Å². The van der Waals surface area contributed by atoms with E-state index in [1.807, 2.05) is 4.90 Å². The lowest BCUT2D eigenvalue weighted by atomic mass is 10.1. The summed E-state index contributed by atoms with van der Waals surface area (Å²) in [7, 11) is 1.80. The van der Waals surface area contributed by atoms with Gasteiger partial charge in [-0.2, -0.15) is 0 Å². The minimum atomic E-state index is 0. The molecule has 2 fully saturated rings. The van der Waals surface area contributed by atoms with Crippen LogP contribution in [0, 0.1) is 0 Å². The van der Waals surface area contributed by atoms with Gasteiger partial charge in [-0.25, -0.2) is 0 Å². The number of nitrogens with one attached hydrogen (secondary N) is 1. The van der Waals surface area contributed by atoms with Crippen LogP contribution in [0.4, 0.5) is 0 Å². The van der Waals surface area contributed by atoms with E-state index >= 15 is 0 Å². The SMILES string of the molecule is CN=C(NCCC(=O)N1CCc2sccc2C1)N1CCOC(C2CCCO2)C1.I. The third-order valence-corrected chi connectivity index (χ3v) is 6.79. The summed E-state index contributed by atoms with van der Waals surface area (Å²) in [6.07, 6.45) is 3.95. The van der Waals surface area contributed by atoms with Crippen molar-refractivity contribution in [3.8, 4) is 0 Å². The van der Waals surface area contributed by atoms with Crippen molar-refractivity contribution in [2.75, 3.05) is 46.4 Å². The molecule has 4 rings (SSSR count). The number of nitrogens with zero attached hydrogens (tertiary/aromatic N) is 3. The molecule has 9 heteroatoms. The number of fused-ring (bicyclic) bond motifs is 1. The number of amides is 1.